The molecule has 1 N–H and O–H groups in total. The third kappa shape index (κ3) is 6.29. The van der Waals surface area contributed by atoms with Gasteiger partial charge < -0.3 is 4.57 Å². The molecule has 0 atom stereocenters. The second-order valence-electron chi connectivity index (χ2n) is 7.33. The van der Waals surface area contributed by atoms with Gasteiger partial charge in [-0.3, -0.25) is 9.10 Å². The number of nitrogens with one attached hydrogen (secondary N) is 1. The number of aryl methyl sites for hydroxylation is 1. The third-order valence-corrected chi connectivity index (χ3v) is 6.60. The van der Waals surface area contributed by atoms with Gasteiger partial charge in [0, 0.05) is 37.7 Å². The minimum Gasteiger partial charge on any atom is -0.318 e. The molecule has 3 aromatic rings. The van der Waals surface area contributed by atoms with Crippen molar-refractivity contribution in [1.29, 1.82) is 0 Å². The maximum Gasteiger partial charge on any atom is 0.260 e. The van der Waals surface area contributed by atoms with Crippen LogP contribution in [0.3, 0.4) is 0 Å². The molecule has 1 amide bonds. The fourth-order valence-electron chi connectivity index (χ4n) is 3.33. The molecule has 0 radical (unpaired) electrons. The predicted octanol–water partition coefficient (Wildman–Crippen LogP) is 4.97. The highest BCUT2D eigenvalue weighted by Crippen LogP contribution is 2.26. The zero-order valence-electron chi connectivity index (χ0n) is 18.0. The summed E-state index contributed by atoms with van der Waals surface area (Å²) < 4.78 is 27.3. The van der Waals surface area contributed by atoms with Crippen molar-refractivity contribution in [1.82, 2.24) is 9.99 Å². The first kappa shape index (κ1) is 25.1. The van der Waals surface area contributed by atoms with Gasteiger partial charge in [0.15, 0.2) is 0 Å². The maximum atomic E-state index is 12.4. The summed E-state index contributed by atoms with van der Waals surface area (Å²) in [6, 6.07) is 13.3. The SMILES string of the molecule is Cc1cc(/C=N\NC(=O)CN(c2ccc(Cl)cc2)S(C)(=O)=O)c(C)n1-c1cc(Cl)cc(Cl)c1. The number of nitrogens with zero attached hydrogens (tertiary/aromatic N) is 3. The van der Waals surface area contributed by atoms with Crippen molar-refractivity contribution in [2.75, 3.05) is 17.1 Å². The third-order valence-electron chi connectivity index (χ3n) is 4.77. The minimum atomic E-state index is -3.70. The highest BCUT2D eigenvalue weighted by molar-refractivity contribution is 7.92. The molecule has 174 valence electrons. The molecule has 0 aliphatic heterocycles. The predicted molar refractivity (Wildman–Crippen MR) is 135 cm³/mol. The van der Waals surface area contributed by atoms with Crippen LogP contribution in [0, 0.1) is 13.8 Å². The molecule has 1 aromatic heterocycles. The quantitative estimate of drug-likeness (QED) is 0.348. The number of halogens is 3. The van der Waals surface area contributed by atoms with E-state index in [1.54, 1.807) is 30.3 Å². The number of rotatable bonds is 7. The molecule has 0 unspecified atom stereocenters. The summed E-state index contributed by atoms with van der Waals surface area (Å²) in [7, 11) is -3.70. The number of carbonyl (C=O) groups excluding carboxylic acids is 1. The second-order valence-corrected chi connectivity index (χ2v) is 10.5. The molecule has 7 nitrogen and oxygen atoms in total. The Labute approximate surface area is 207 Å². The number of aromatic nitrogens is 1. The smallest absolute Gasteiger partial charge is 0.260 e. The molecule has 1 heterocycles. The summed E-state index contributed by atoms with van der Waals surface area (Å²) >= 11 is 18.1. The molecule has 3 rings (SSSR count). The lowest BCUT2D eigenvalue weighted by molar-refractivity contribution is -0.119. The lowest BCUT2D eigenvalue weighted by Crippen LogP contribution is -2.39. The average molecular weight is 528 g/mol. The monoisotopic (exact) mass is 526 g/mol. The lowest BCUT2D eigenvalue weighted by atomic mass is 10.2. The van der Waals surface area contributed by atoms with Crippen LogP contribution in [0.4, 0.5) is 5.69 Å². The first-order valence-electron chi connectivity index (χ1n) is 9.66. The van der Waals surface area contributed by atoms with Crippen molar-refractivity contribution in [2.24, 2.45) is 5.10 Å². The molecule has 0 saturated heterocycles. The van der Waals surface area contributed by atoms with Gasteiger partial charge in [0.2, 0.25) is 10.0 Å². The summed E-state index contributed by atoms with van der Waals surface area (Å²) in [4.78, 5) is 12.4. The zero-order chi connectivity index (χ0) is 24.3. The van der Waals surface area contributed by atoms with Crippen LogP contribution in [0.1, 0.15) is 17.0 Å². The molecule has 0 aliphatic carbocycles. The molecule has 11 heteroatoms. The zero-order valence-corrected chi connectivity index (χ0v) is 21.1. The van der Waals surface area contributed by atoms with Crippen LogP contribution < -0.4 is 9.73 Å². The van der Waals surface area contributed by atoms with E-state index < -0.39 is 22.5 Å². The van der Waals surface area contributed by atoms with Crippen LogP contribution in [-0.4, -0.2) is 37.9 Å². The summed E-state index contributed by atoms with van der Waals surface area (Å²) in [5.74, 6) is -0.595. The van der Waals surface area contributed by atoms with Crippen molar-refractivity contribution >= 4 is 62.6 Å². The molecule has 0 aliphatic rings. The number of carbonyl (C=O) groups is 1. The molecule has 33 heavy (non-hydrogen) atoms. The first-order valence-corrected chi connectivity index (χ1v) is 12.6. The number of hydrogen-bond acceptors (Lipinski definition) is 4. The summed E-state index contributed by atoms with van der Waals surface area (Å²) in [5.41, 5.74) is 6.05. The highest BCUT2D eigenvalue weighted by Gasteiger charge is 2.20. The van der Waals surface area contributed by atoms with Crippen molar-refractivity contribution in [3.05, 3.63) is 80.6 Å². The van der Waals surface area contributed by atoms with E-state index in [4.69, 9.17) is 34.8 Å². The molecule has 0 saturated carbocycles. The Morgan fingerprint density at radius 1 is 1.03 bits per heavy atom. The normalized spacial score (nSPS) is 11.7. The topological polar surface area (TPSA) is 83.8 Å². The van der Waals surface area contributed by atoms with E-state index in [9.17, 15) is 13.2 Å². The van der Waals surface area contributed by atoms with Gasteiger partial charge in [0.1, 0.15) is 6.54 Å². The van der Waals surface area contributed by atoms with Gasteiger partial charge in [0.25, 0.3) is 5.91 Å². The summed E-state index contributed by atoms with van der Waals surface area (Å²) in [6.45, 7) is 3.39. The number of amides is 1. The Morgan fingerprint density at radius 3 is 2.21 bits per heavy atom. The molecule has 0 spiro atoms. The maximum absolute atomic E-state index is 12.4. The molecule has 2 aromatic carbocycles. The largest absolute Gasteiger partial charge is 0.318 e. The molecular weight excluding hydrogens is 507 g/mol. The Hall–Kier alpha value is -2.52. The number of hydrogen-bond donors (Lipinski definition) is 1. The van der Waals surface area contributed by atoms with Gasteiger partial charge in [-0.1, -0.05) is 34.8 Å². The Bertz CT molecular complexity index is 1300. The molecular formula is C22H21Cl3N4O3S. The molecule has 0 fully saturated rings. The van der Waals surface area contributed by atoms with Gasteiger partial charge in [-0.05, 0) is 62.4 Å². The molecule has 0 bridgehead atoms. The fraction of sp³-hybridized carbons (Fsp3) is 0.182. The Morgan fingerprint density at radius 2 is 1.64 bits per heavy atom. The number of anilines is 1. The number of hydrazone groups is 1. The Balaban J connectivity index is 1.75. The average Bonchev–Trinajstić information content (AvgIpc) is 2.98. The van der Waals surface area contributed by atoms with Crippen LogP contribution in [-0.2, 0) is 14.8 Å². The van der Waals surface area contributed by atoms with E-state index in [-0.39, 0.29) is 0 Å². The van der Waals surface area contributed by atoms with Crippen LogP contribution in [0.15, 0.2) is 53.6 Å². The van der Waals surface area contributed by atoms with Crippen molar-refractivity contribution in [3.8, 4) is 5.69 Å². The van der Waals surface area contributed by atoms with Gasteiger partial charge in [-0.25, -0.2) is 13.8 Å². The number of benzene rings is 2. The number of sulfonamides is 1. The van der Waals surface area contributed by atoms with E-state index in [1.165, 1.54) is 18.3 Å². The van der Waals surface area contributed by atoms with E-state index >= 15 is 0 Å². The van der Waals surface area contributed by atoms with Gasteiger partial charge in [0.05, 0.1) is 18.2 Å². The van der Waals surface area contributed by atoms with Crippen molar-refractivity contribution in [3.63, 3.8) is 0 Å². The van der Waals surface area contributed by atoms with Crippen molar-refractivity contribution in [2.45, 2.75) is 13.8 Å². The lowest BCUT2D eigenvalue weighted by Gasteiger charge is -2.21. The van der Waals surface area contributed by atoms with Gasteiger partial charge >= 0.3 is 0 Å². The van der Waals surface area contributed by atoms with E-state index in [1.807, 2.05) is 24.5 Å². The second kappa shape index (κ2) is 10.2. The van der Waals surface area contributed by atoms with Crippen LogP contribution in [0.2, 0.25) is 15.1 Å². The van der Waals surface area contributed by atoms with E-state index in [2.05, 4.69) is 10.5 Å². The fourth-order valence-corrected chi connectivity index (χ4v) is 4.83. The van der Waals surface area contributed by atoms with Gasteiger partial charge in [-0.15, -0.1) is 0 Å². The standard InChI is InChI=1S/C22H21Cl3N4O3S/c1-14-8-16(15(2)29(14)21-10-18(24)9-19(25)11-21)12-26-27-22(30)13-28(33(3,31)32)20-6-4-17(23)5-7-20/h4-12H,13H2,1-3H3,(H,27,30)/b26-12-. The summed E-state index contributed by atoms with van der Waals surface area (Å²) in [6.07, 6.45) is 2.52. The van der Waals surface area contributed by atoms with Crippen LogP contribution in [0.5, 0.6) is 0 Å². The Kier molecular flexibility index (Phi) is 7.74. The van der Waals surface area contributed by atoms with E-state index in [0.717, 1.165) is 33.2 Å². The first-order chi connectivity index (χ1) is 15.5. The van der Waals surface area contributed by atoms with Gasteiger partial charge in [-0.2, -0.15) is 5.10 Å². The van der Waals surface area contributed by atoms with Crippen LogP contribution in [0.25, 0.3) is 5.69 Å². The van der Waals surface area contributed by atoms with E-state index in [0.29, 0.717) is 20.8 Å². The van der Waals surface area contributed by atoms with Crippen molar-refractivity contribution < 1.29 is 13.2 Å². The minimum absolute atomic E-state index is 0.324. The highest BCUT2D eigenvalue weighted by atomic mass is 35.5. The summed E-state index contributed by atoms with van der Waals surface area (Å²) in [5, 5.41) is 5.49. The van der Waals surface area contributed by atoms with Crippen LogP contribution >= 0.6 is 34.8 Å².